The number of likely N-dealkylation sites (tertiary alicyclic amines) is 1. The lowest BCUT2D eigenvalue weighted by Gasteiger charge is -2.13. The first-order chi connectivity index (χ1) is 8.63. The average molecular weight is 253 g/mol. The van der Waals surface area contributed by atoms with Crippen LogP contribution >= 0.6 is 0 Å². The van der Waals surface area contributed by atoms with E-state index in [1.54, 1.807) is 0 Å². The highest BCUT2D eigenvalue weighted by Gasteiger charge is 2.23. The summed E-state index contributed by atoms with van der Waals surface area (Å²) in [7, 11) is 2.18. The number of hydrogen-bond donors (Lipinski definition) is 2. The van der Waals surface area contributed by atoms with Gasteiger partial charge in [0.15, 0.2) is 0 Å². The van der Waals surface area contributed by atoms with E-state index in [0.29, 0.717) is 18.5 Å². The van der Waals surface area contributed by atoms with E-state index in [1.807, 2.05) is 0 Å². The van der Waals surface area contributed by atoms with Crippen molar-refractivity contribution in [1.82, 2.24) is 10.2 Å². The number of nitrogens with zero attached hydrogens (tertiary/aromatic N) is 1. The molecule has 1 aliphatic carbocycles. The predicted molar refractivity (Wildman–Crippen MR) is 73.2 cm³/mol. The molecule has 2 rings (SSSR count). The molecule has 0 aromatic rings. The molecule has 4 heteroatoms. The van der Waals surface area contributed by atoms with Crippen LogP contribution in [0.5, 0.6) is 0 Å². The van der Waals surface area contributed by atoms with E-state index in [0.717, 1.165) is 31.6 Å². The fourth-order valence-corrected chi connectivity index (χ4v) is 3.26. The van der Waals surface area contributed by atoms with Crippen molar-refractivity contribution >= 4 is 5.91 Å². The van der Waals surface area contributed by atoms with E-state index in [4.69, 9.17) is 5.73 Å². The summed E-state index contributed by atoms with van der Waals surface area (Å²) in [6.07, 6.45) is 7.28. The van der Waals surface area contributed by atoms with E-state index in [9.17, 15) is 4.79 Å². The maximum Gasteiger partial charge on any atom is 0.220 e. The Morgan fingerprint density at radius 3 is 2.83 bits per heavy atom. The minimum Gasteiger partial charge on any atom is -0.353 e. The number of rotatable bonds is 5. The third-order valence-electron chi connectivity index (χ3n) is 4.34. The van der Waals surface area contributed by atoms with Crippen LogP contribution in [0.2, 0.25) is 0 Å². The Morgan fingerprint density at radius 2 is 2.22 bits per heavy atom. The van der Waals surface area contributed by atoms with Crippen LogP contribution < -0.4 is 11.1 Å². The van der Waals surface area contributed by atoms with E-state index >= 15 is 0 Å². The molecule has 1 saturated heterocycles. The first kappa shape index (κ1) is 13.8. The molecule has 0 spiro atoms. The molecule has 1 saturated carbocycles. The van der Waals surface area contributed by atoms with Crippen LogP contribution in [-0.2, 0) is 4.79 Å². The molecule has 3 N–H and O–H groups in total. The quantitative estimate of drug-likeness (QED) is 0.771. The number of hydrogen-bond acceptors (Lipinski definition) is 3. The van der Waals surface area contributed by atoms with Crippen molar-refractivity contribution in [1.29, 1.82) is 0 Å². The fraction of sp³-hybridized carbons (Fsp3) is 0.929. The van der Waals surface area contributed by atoms with E-state index in [-0.39, 0.29) is 5.91 Å². The van der Waals surface area contributed by atoms with Crippen LogP contribution in [0.4, 0.5) is 0 Å². The Hall–Kier alpha value is -0.610. The molecule has 3 atom stereocenters. The second-order valence-electron chi connectivity index (χ2n) is 6.15. The smallest absolute Gasteiger partial charge is 0.220 e. The summed E-state index contributed by atoms with van der Waals surface area (Å²) in [5, 5.41) is 3.11. The monoisotopic (exact) mass is 253 g/mol. The van der Waals surface area contributed by atoms with Crippen LogP contribution in [0.15, 0.2) is 0 Å². The van der Waals surface area contributed by atoms with Crippen LogP contribution in [0.25, 0.3) is 0 Å². The summed E-state index contributed by atoms with van der Waals surface area (Å²) in [5.41, 5.74) is 5.84. The van der Waals surface area contributed by atoms with Gasteiger partial charge < -0.3 is 16.0 Å². The highest BCUT2D eigenvalue weighted by molar-refractivity contribution is 5.76. The highest BCUT2D eigenvalue weighted by Crippen LogP contribution is 2.21. The van der Waals surface area contributed by atoms with Gasteiger partial charge in [0.1, 0.15) is 0 Å². The third kappa shape index (κ3) is 4.25. The third-order valence-corrected chi connectivity index (χ3v) is 4.34. The minimum atomic E-state index is 0.223. The zero-order valence-electron chi connectivity index (χ0n) is 11.5. The Morgan fingerprint density at radius 1 is 1.39 bits per heavy atom. The lowest BCUT2D eigenvalue weighted by atomic mass is 10.0. The summed E-state index contributed by atoms with van der Waals surface area (Å²) in [4.78, 5) is 14.2. The first-order valence-corrected chi connectivity index (χ1v) is 7.37. The number of carbonyl (C=O) groups is 1. The second kappa shape index (κ2) is 6.53. The summed E-state index contributed by atoms with van der Waals surface area (Å²) >= 11 is 0. The number of nitrogens with two attached hydrogens (primary N) is 1. The van der Waals surface area contributed by atoms with Gasteiger partial charge in [0.05, 0.1) is 0 Å². The van der Waals surface area contributed by atoms with Crippen molar-refractivity contribution in [2.24, 2.45) is 11.7 Å². The van der Waals surface area contributed by atoms with Gasteiger partial charge in [-0.3, -0.25) is 4.79 Å². The summed E-state index contributed by atoms with van der Waals surface area (Å²) in [6, 6.07) is 0.634. The topological polar surface area (TPSA) is 58.4 Å². The lowest BCUT2D eigenvalue weighted by Crippen LogP contribution is -2.33. The molecule has 1 amide bonds. The molecule has 4 nitrogen and oxygen atoms in total. The van der Waals surface area contributed by atoms with Crippen LogP contribution in [0.3, 0.4) is 0 Å². The van der Waals surface area contributed by atoms with Crippen LogP contribution in [0, 0.1) is 5.92 Å². The zero-order valence-corrected chi connectivity index (χ0v) is 11.5. The molecule has 0 radical (unpaired) electrons. The van der Waals surface area contributed by atoms with Gasteiger partial charge in [0.25, 0.3) is 0 Å². The molecule has 0 bridgehead atoms. The van der Waals surface area contributed by atoms with E-state index in [2.05, 4.69) is 17.3 Å². The maximum atomic E-state index is 11.8. The molecule has 3 unspecified atom stereocenters. The molecule has 2 aliphatic rings. The lowest BCUT2D eigenvalue weighted by molar-refractivity contribution is -0.121. The Kier molecular flexibility index (Phi) is 5.01. The van der Waals surface area contributed by atoms with Crippen molar-refractivity contribution in [3.63, 3.8) is 0 Å². The SMILES string of the molecule is CN1CCC(CCCC(=O)NC2CCC(N)C2)C1. The molecule has 18 heavy (non-hydrogen) atoms. The van der Waals surface area contributed by atoms with Gasteiger partial charge in [-0.2, -0.15) is 0 Å². The van der Waals surface area contributed by atoms with Crippen LogP contribution in [-0.4, -0.2) is 43.0 Å². The first-order valence-electron chi connectivity index (χ1n) is 7.37. The van der Waals surface area contributed by atoms with Gasteiger partial charge in [0.2, 0.25) is 5.91 Å². The van der Waals surface area contributed by atoms with Gasteiger partial charge in [-0.1, -0.05) is 0 Å². The predicted octanol–water partition coefficient (Wildman–Crippen LogP) is 1.10. The van der Waals surface area contributed by atoms with Crippen LogP contribution in [0.1, 0.15) is 44.9 Å². The highest BCUT2D eigenvalue weighted by atomic mass is 16.1. The minimum absolute atomic E-state index is 0.223. The number of carbonyl (C=O) groups excluding carboxylic acids is 1. The normalized spacial score (nSPS) is 32.9. The largest absolute Gasteiger partial charge is 0.353 e. The molecular formula is C14H27N3O. The van der Waals surface area contributed by atoms with Gasteiger partial charge in [0, 0.05) is 25.0 Å². The van der Waals surface area contributed by atoms with Crippen molar-refractivity contribution in [3.05, 3.63) is 0 Å². The zero-order chi connectivity index (χ0) is 13.0. The standard InChI is InChI=1S/C14H27N3O/c1-17-8-7-11(10-17)3-2-4-14(18)16-13-6-5-12(15)9-13/h11-13H,2-10,15H2,1H3,(H,16,18). The Bertz CT molecular complexity index is 282. The molecule has 2 fully saturated rings. The summed E-state index contributed by atoms with van der Waals surface area (Å²) < 4.78 is 0. The molecule has 1 aliphatic heterocycles. The van der Waals surface area contributed by atoms with Gasteiger partial charge in [-0.15, -0.1) is 0 Å². The summed E-state index contributed by atoms with van der Waals surface area (Å²) in [6.45, 7) is 2.43. The fourth-order valence-electron chi connectivity index (χ4n) is 3.26. The Balaban J connectivity index is 1.55. The van der Waals surface area contributed by atoms with Crippen molar-refractivity contribution in [3.8, 4) is 0 Å². The van der Waals surface area contributed by atoms with Crippen molar-refractivity contribution < 1.29 is 4.79 Å². The molecule has 0 aromatic heterocycles. The van der Waals surface area contributed by atoms with Gasteiger partial charge in [-0.25, -0.2) is 0 Å². The summed E-state index contributed by atoms with van der Waals surface area (Å²) in [5.74, 6) is 1.03. The van der Waals surface area contributed by atoms with Gasteiger partial charge in [-0.05, 0) is 58.0 Å². The average Bonchev–Trinajstić information content (AvgIpc) is 2.88. The maximum absolute atomic E-state index is 11.8. The van der Waals surface area contributed by atoms with Crippen molar-refractivity contribution in [2.45, 2.75) is 57.0 Å². The molecule has 1 heterocycles. The van der Waals surface area contributed by atoms with Crippen molar-refractivity contribution in [2.75, 3.05) is 20.1 Å². The Labute approximate surface area is 110 Å². The second-order valence-corrected chi connectivity index (χ2v) is 6.15. The van der Waals surface area contributed by atoms with E-state index < -0.39 is 0 Å². The molecule has 0 aromatic carbocycles. The molecule has 104 valence electrons. The molecular weight excluding hydrogens is 226 g/mol. The number of nitrogens with one attached hydrogen (secondary N) is 1. The van der Waals surface area contributed by atoms with Gasteiger partial charge >= 0.3 is 0 Å². The number of amides is 1. The van der Waals surface area contributed by atoms with E-state index in [1.165, 1.54) is 25.9 Å².